The molecule has 0 saturated carbocycles. The van der Waals surface area contributed by atoms with E-state index in [4.69, 9.17) is 56.5 Å². The number of rotatable bonds is 5. The maximum absolute atomic E-state index is 12.7. The average molecular weight is 503 g/mol. The molecule has 0 spiro atoms. The van der Waals surface area contributed by atoms with Gasteiger partial charge in [0.2, 0.25) is 0 Å². The third-order valence-electron chi connectivity index (χ3n) is 4.27. The maximum atomic E-state index is 12.7. The first-order valence-electron chi connectivity index (χ1n) is 9.19. The molecule has 1 heterocycles. The Bertz CT molecular complexity index is 1000. The van der Waals surface area contributed by atoms with Crippen molar-refractivity contribution in [3.8, 4) is 5.75 Å². The van der Waals surface area contributed by atoms with Crippen LogP contribution in [-0.4, -0.2) is 54.7 Å². The number of anilines is 1. The molecule has 0 radical (unpaired) electrons. The number of thiocarbonyl (C=S) groups is 1. The minimum absolute atomic E-state index is 0.00803. The van der Waals surface area contributed by atoms with E-state index in [1.807, 2.05) is 0 Å². The summed E-state index contributed by atoms with van der Waals surface area (Å²) < 4.78 is 10.6. The molecule has 0 unspecified atom stereocenters. The van der Waals surface area contributed by atoms with Crippen LogP contribution in [0.1, 0.15) is 10.4 Å². The van der Waals surface area contributed by atoms with Crippen molar-refractivity contribution in [2.75, 3.05) is 38.2 Å². The van der Waals surface area contributed by atoms with Gasteiger partial charge in [-0.3, -0.25) is 14.9 Å². The first kappa shape index (κ1) is 23.6. The van der Waals surface area contributed by atoms with Gasteiger partial charge in [-0.15, -0.1) is 0 Å². The lowest BCUT2D eigenvalue weighted by atomic mass is 10.1. The van der Waals surface area contributed by atoms with E-state index in [1.165, 1.54) is 6.07 Å². The maximum Gasteiger partial charge on any atom is 0.264 e. The minimum atomic E-state index is -0.500. The summed E-state index contributed by atoms with van der Waals surface area (Å²) in [4.78, 5) is 26.5. The SMILES string of the molecule is O=C(COc1ccc(Cl)cc1Cl)NC(=S)Nc1cc(C(=O)N2CCOCC2)ccc1Cl. The molecule has 1 fully saturated rings. The fourth-order valence-corrected chi connectivity index (χ4v) is 3.61. The van der Waals surface area contributed by atoms with E-state index in [2.05, 4.69) is 10.6 Å². The molecule has 7 nitrogen and oxygen atoms in total. The van der Waals surface area contributed by atoms with Gasteiger partial charge in [0.05, 0.1) is 28.9 Å². The number of halogens is 3. The zero-order valence-corrected chi connectivity index (χ0v) is 19.2. The number of benzene rings is 2. The molecule has 0 bridgehead atoms. The van der Waals surface area contributed by atoms with Crippen molar-refractivity contribution < 1.29 is 19.1 Å². The predicted octanol–water partition coefficient (Wildman–Crippen LogP) is 4.01. The molecule has 0 atom stereocenters. The minimum Gasteiger partial charge on any atom is -0.482 e. The molecule has 31 heavy (non-hydrogen) atoms. The quantitative estimate of drug-likeness (QED) is 0.602. The molecule has 2 aromatic carbocycles. The van der Waals surface area contributed by atoms with Crippen LogP contribution in [-0.2, 0) is 9.53 Å². The molecule has 11 heteroatoms. The molecule has 164 valence electrons. The number of hydrogen-bond acceptors (Lipinski definition) is 5. The monoisotopic (exact) mass is 501 g/mol. The number of amides is 2. The van der Waals surface area contributed by atoms with Gasteiger partial charge in [-0.05, 0) is 48.6 Å². The fourth-order valence-electron chi connectivity index (χ4n) is 2.75. The summed E-state index contributed by atoms with van der Waals surface area (Å²) in [7, 11) is 0. The van der Waals surface area contributed by atoms with E-state index in [-0.39, 0.29) is 22.6 Å². The van der Waals surface area contributed by atoms with E-state index >= 15 is 0 Å². The first-order chi connectivity index (χ1) is 14.8. The third kappa shape index (κ3) is 6.69. The second-order valence-corrected chi connectivity index (χ2v) is 8.12. The van der Waals surface area contributed by atoms with Crippen LogP contribution >= 0.6 is 47.0 Å². The number of hydrogen-bond donors (Lipinski definition) is 2. The fraction of sp³-hybridized carbons (Fsp3) is 0.250. The number of nitrogens with one attached hydrogen (secondary N) is 2. The zero-order valence-electron chi connectivity index (χ0n) is 16.1. The lowest BCUT2D eigenvalue weighted by Gasteiger charge is -2.27. The highest BCUT2D eigenvalue weighted by Crippen LogP contribution is 2.27. The van der Waals surface area contributed by atoms with Crippen LogP contribution in [0.15, 0.2) is 36.4 Å². The summed E-state index contributed by atoms with van der Waals surface area (Å²) in [6.45, 7) is 1.74. The summed E-state index contributed by atoms with van der Waals surface area (Å²) in [6, 6.07) is 9.48. The van der Waals surface area contributed by atoms with Crippen molar-refractivity contribution in [2.24, 2.45) is 0 Å². The highest BCUT2D eigenvalue weighted by atomic mass is 35.5. The molecule has 1 saturated heterocycles. The number of carbonyl (C=O) groups is 2. The van der Waals surface area contributed by atoms with Crippen LogP contribution < -0.4 is 15.4 Å². The van der Waals surface area contributed by atoms with Gasteiger partial charge >= 0.3 is 0 Å². The Hall–Kier alpha value is -2.10. The van der Waals surface area contributed by atoms with Crippen LogP contribution in [0, 0.1) is 0 Å². The van der Waals surface area contributed by atoms with Gasteiger partial charge in [0.25, 0.3) is 11.8 Å². The normalized spacial score (nSPS) is 13.5. The van der Waals surface area contributed by atoms with Gasteiger partial charge < -0.3 is 19.7 Å². The van der Waals surface area contributed by atoms with Crippen LogP contribution in [0.25, 0.3) is 0 Å². The van der Waals surface area contributed by atoms with Gasteiger partial charge in [0.1, 0.15) is 5.75 Å². The highest BCUT2D eigenvalue weighted by molar-refractivity contribution is 7.80. The van der Waals surface area contributed by atoms with Gasteiger partial charge in [-0.1, -0.05) is 34.8 Å². The Balaban J connectivity index is 1.56. The van der Waals surface area contributed by atoms with Gasteiger partial charge in [-0.2, -0.15) is 0 Å². The van der Waals surface area contributed by atoms with Crippen molar-refractivity contribution in [1.29, 1.82) is 0 Å². The molecule has 2 aromatic rings. The molecule has 0 aliphatic carbocycles. The lowest BCUT2D eigenvalue weighted by Crippen LogP contribution is -2.40. The van der Waals surface area contributed by atoms with Crippen molar-refractivity contribution in [2.45, 2.75) is 0 Å². The molecule has 1 aliphatic rings. The van der Waals surface area contributed by atoms with E-state index in [0.717, 1.165) is 0 Å². The number of ether oxygens (including phenoxy) is 2. The van der Waals surface area contributed by atoms with Crippen LogP contribution in [0.5, 0.6) is 5.75 Å². The Kier molecular flexibility index (Phi) is 8.34. The second-order valence-electron chi connectivity index (χ2n) is 6.46. The third-order valence-corrected chi connectivity index (χ3v) is 5.33. The van der Waals surface area contributed by atoms with Gasteiger partial charge in [-0.25, -0.2) is 0 Å². The number of nitrogens with zero attached hydrogens (tertiary/aromatic N) is 1. The molecule has 3 rings (SSSR count). The van der Waals surface area contributed by atoms with Crippen molar-refractivity contribution in [1.82, 2.24) is 10.2 Å². The van der Waals surface area contributed by atoms with Crippen molar-refractivity contribution in [3.63, 3.8) is 0 Å². The van der Waals surface area contributed by atoms with Gasteiger partial charge in [0, 0.05) is 23.7 Å². The molecule has 0 aromatic heterocycles. The molecular weight excluding hydrogens is 485 g/mol. The smallest absolute Gasteiger partial charge is 0.264 e. The van der Waals surface area contributed by atoms with E-state index in [9.17, 15) is 9.59 Å². The zero-order chi connectivity index (χ0) is 22.4. The number of morpholine rings is 1. The molecule has 1 aliphatic heterocycles. The van der Waals surface area contributed by atoms with Crippen LogP contribution in [0.4, 0.5) is 5.69 Å². The van der Waals surface area contributed by atoms with E-state index in [1.54, 1.807) is 35.2 Å². The summed E-state index contributed by atoms with van der Waals surface area (Å²) in [5.41, 5.74) is 0.844. The topological polar surface area (TPSA) is 79.9 Å². The Labute approximate surface area is 199 Å². The predicted molar refractivity (Wildman–Crippen MR) is 124 cm³/mol. The van der Waals surface area contributed by atoms with Crippen molar-refractivity contribution in [3.05, 3.63) is 57.0 Å². The Morgan fingerprint density at radius 3 is 2.52 bits per heavy atom. The Morgan fingerprint density at radius 1 is 1.06 bits per heavy atom. The molecular formula is C20H18Cl3N3O4S. The Morgan fingerprint density at radius 2 is 1.81 bits per heavy atom. The van der Waals surface area contributed by atoms with Gasteiger partial charge in [0.15, 0.2) is 11.7 Å². The summed E-state index contributed by atoms with van der Waals surface area (Å²) in [6.07, 6.45) is 0. The van der Waals surface area contributed by atoms with Crippen LogP contribution in [0.3, 0.4) is 0 Å². The first-order valence-corrected chi connectivity index (χ1v) is 10.7. The standard InChI is InChI=1S/C20H18Cl3N3O4S/c21-13-2-4-17(15(23)10-13)30-11-18(27)25-20(31)24-16-9-12(1-3-14(16)22)19(28)26-5-7-29-8-6-26/h1-4,9-10H,5-8,11H2,(H2,24,25,27,31). The van der Waals surface area contributed by atoms with E-state index < -0.39 is 5.91 Å². The molecule has 2 N–H and O–H groups in total. The average Bonchev–Trinajstić information content (AvgIpc) is 2.74. The molecule has 2 amide bonds. The summed E-state index contributed by atoms with van der Waals surface area (Å²) in [5, 5.41) is 6.41. The summed E-state index contributed by atoms with van der Waals surface area (Å²) >= 11 is 23.2. The number of carbonyl (C=O) groups excluding carboxylic acids is 2. The lowest BCUT2D eigenvalue weighted by molar-refractivity contribution is -0.121. The summed E-state index contributed by atoms with van der Waals surface area (Å²) in [5.74, 6) is -0.316. The van der Waals surface area contributed by atoms with E-state index in [0.29, 0.717) is 53.3 Å². The largest absolute Gasteiger partial charge is 0.482 e. The second kappa shape index (κ2) is 11.0. The highest BCUT2D eigenvalue weighted by Gasteiger charge is 2.19. The van der Waals surface area contributed by atoms with Crippen LogP contribution in [0.2, 0.25) is 15.1 Å². The van der Waals surface area contributed by atoms with Crippen molar-refractivity contribution >= 4 is 69.6 Å².